The molecular weight excluding hydrogens is 288 g/mol. The summed E-state index contributed by atoms with van der Waals surface area (Å²) in [6.45, 7) is 2.14. The van der Waals surface area contributed by atoms with Gasteiger partial charge in [-0.25, -0.2) is 8.78 Å². The third-order valence-corrected chi connectivity index (χ3v) is 3.96. The lowest BCUT2D eigenvalue weighted by atomic mass is 10.1. The van der Waals surface area contributed by atoms with Gasteiger partial charge in [-0.1, -0.05) is 24.9 Å². The molecule has 0 spiro atoms. The second-order valence-electron chi connectivity index (χ2n) is 5.74. The van der Waals surface area contributed by atoms with Crippen molar-refractivity contribution in [3.8, 4) is 0 Å². The van der Waals surface area contributed by atoms with E-state index in [1.165, 1.54) is 12.1 Å². The number of nitrogens with zero attached hydrogens (tertiary/aromatic N) is 2. The first-order valence-corrected chi connectivity index (χ1v) is 7.71. The van der Waals surface area contributed by atoms with Crippen LogP contribution in [0.15, 0.2) is 16.5 Å². The Morgan fingerprint density at radius 1 is 1.14 bits per heavy atom. The van der Waals surface area contributed by atoms with E-state index in [0.29, 0.717) is 24.7 Å². The zero-order chi connectivity index (χ0) is 15.5. The number of aryl methyl sites for hydroxylation is 1. The van der Waals surface area contributed by atoms with Gasteiger partial charge >= 0.3 is 6.01 Å². The van der Waals surface area contributed by atoms with Gasteiger partial charge in [0, 0.05) is 12.5 Å². The van der Waals surface area contributed by atoms with E-state index in [1.54, 1.807) is 0 Å². The van der Waals surface area contributed by atoms with E-state index in [0.717, 1.165) is 36.8 Å². The van der Waals surface area contributed by atoms with E-state index in [9.17, 15) is 8.78 Å². The molecule has 0 saturated carbocycles. The van der Waals surface area contributed by atoms with Gasteiger partial charge in [-0.15, -0.1) is 5.10 Å². The first-order chi connectivity index (χ1) is 10.7. The number of benzene rings is 1. The SMILES string of the molecule is CCCCCc1nnc(NC2Cc3cc(F)c(F)cc3C2)o1. The number of hydrogen-bond acceptors (Lipinski definition) is 4. The van der Waals surface area contributed by atoms with Crippen LogP contribution in [-0.2, 0) is 19.3 Å². The molecule has 1 aliphatic carbocycles. The lowest BCUT2D eigenvalue weighted by Gasteiger charge is -2.08. The van der Waals surface area contributed by atoms with E-state index in [4.69, 9.17) is 4.42 Å². The van der Waals surface area contributed by atoms with E-state index in [2.05, 4.69) is 22.4 Å². The molecule has 1 heterocycles. The molecule has 3 rings (SSSR count). The smallest absolute Gasteiger partial charge is 0.315 e. The third kappa shape index (κ3) is 3.26. The zero-order valence-electron chi connectivity index (χ0n) is 12.5. The predicted molar refractivity (Wildman–Crippen MR) is 78.7 cm³/mol. The van der Waals surface area contributed by atoms with Crippen LogP contribution >= 0.6 is 0 Å². The second kappa shape index (κ2) is 6.42. The van der Waals surface area contributed by atoms with Crippen molar-refractivity contribution in [2.45, 2.75) is 51.5 Å². The fraction of sp³-hybridized carbons (Fsp3) is 0.500. The monoisotopic (exact) mass is 307 g/mol. The normalized spacial score (nSPS) is 14.3. The van der Waals surface area contributed by atoms with E-state index in [1.807, 2.05) is 0 Å². The first-order valence-electron chi connectivity index (χ1n) is 7.71. The van der Waals surface area contributed by atoms with Crippen molar-refractivity contribution >= 4 is 6.01 Å². The minimum absolute atomic E-state index is 0.0279. The molecule has 22 heavy (non-hydrogen) atoms. The second-order valence-corrected chi connectivity index (χ2v) is 5.74. The molecule has 1 aromatic carbocycles. The molecule has 1 N–H and O–H groups in total. The molecule has 0 amide bonds. The van der Waals surface area contributed by atoms with Crippen molar-refractivity contribution in [2.75, 3.05) is 5.32 Å². The van der Waals surface area contributed by atoms with E-state index in [-0.39, 0.29) is 6.04 Å². The largest absolute Gasteiger partial charge is 0.408 e. The predicted octanol–water partition coefficient (Wildman–Crippen LogP) is 3.66. The van der Waals surface area contributed by atoms with Crippen LogP contribution in [0, 0.1) is 11.6 Å². The summed E-state index contributed by atoms with van der Waals surface area (Å²) in [5.74, 6) is -0.964. The summed E-state index contributed by atoms with van der Waals surface area (Å²) in [5.41, 5.74) is 1.66. The molecule has 0 aliphatic heterocycles. The third-order valence-electron chi connectivity index (χ3n) is 3.96. The Bertz CT molecular complexity index is 626. The van der Waals surface area contributed by atoms with E-state index >= 15 is 0 Å². The topological polar surface area (TPSA) is 51.0 Å². The Balaban J connectivity index is 1.59. The van der Waals surface area contributed by atoms with Gasteiger partial charge in [-0.3, -0.25) is 0 Å². The Hall–Kier alpha value is -1.98. The van der Waals surface area contributed by atoms with Gasteiger partial charge in [0.15, 0.2) is 11.6 Å². The molecule has 118 valence electrons. The van der Waals surface area contributed by atoms with Gasteiger partial charge in [0.1, 0.15) is 0 Å². The fourth-order valence-corrected chi connectivity index (χ4v) is 2.83. The zero-order valence-corrected chi connectivity index (χ0v) is 12.5. The van der Waals surface area contributed by atoms with Crippen molar-refractivity contribution in [3.05, 3.63) is 40.8 Å². The van der Waals surface area contributed by atoms with Gasteiger partial charge in [0.25, 0.3) is 0 Å². The maximum atomic E-state index is 13.2. The average Bonchev–Trinajstić information content (AvgIpc) is 3.07. The molecule has 6 heteroatoms. The minimum atomic E-state index is -0.796. The van der Waals surface area contributed by atoms with Crippen molar-refractivity contribution in [3.63, 3.8) is 0 Å². The van der Waals surface area contributed by atoms with Gasteiger partial charge in [0.05, 0.1) is 0 Å². The van der Waals surface area contributed by atoms with Gasteiger partial charge in [0.2, 0.25) is 5.89 Å². The summed E-state index contributed by atoms with van der Waals surface area (Å²) in [6.07, 6.45) is 5.35. The molecule has 0 atom stereocenters. The molecule has 2 aromatic rings. The summed E-state index contributed by atoms with van der Waals surface area (Å²) in [7, 11) is 0. The number of nitrogens with one attached hydrogen (secondary N) is 1. The Kier molecular flexibility index (Phi) is 4.36. The molecule has 0 saturated heterocycles. The fourth-order valence-electron chi connectivity index (χ4n) is 2.83. The highest BCUT2D eigenvalue weighted by molar-refractivity contribution is 5.38. The number of unbranched alkanes of at least 4 members (excludes halogenated alkanes) is 2. The van der Waals surface area contributed by atoms with E-state index < -0.39 is 11.6 Å². The van der Waals surface area contributed by atoms with Crippen molar-refractivity contribution in [1.82, 2.24) is 10.2 Å². The molecule has 4 nitrogen and oxygen atoms in total. The Morgan fingerprint density at radius 3 is 2.45 bits per heavy atom. The molecular formula is C16H19F2N3O. The van der Waals surface area contributed by atoms with Crippen LogP contribution in [0.25, 0.3) is 0 Å². The van der Waals surface area contributed by atoms with Crippen LogP contribution in [0.5, 0.6) is 0 Å². The van der Waals surface area contributed by atoms with Crippen molar-refractivity contribution in [1.29, 1.82) is 0 Å². The number of rotatable bonds is 6. The summed E-state index contributed by atoms with van der Waals surface area (Å²) in [4.78, 5) is 0. The molecule has 0 unspecified atom stereocenters. The number of aromatic nitrogens is 2. The maximum absolute atomic E-state index is 13.2. The average molecular weight is 307 g/mol. The minimum Gasteiger partial charge on any atom is -0.408 e. The summed E-state index contributed by atoms with van der Waals surface area (Å²) in [5, 5.41) is 11.1. The highest BCUT2D eigenvalue weighted by atomic mass is 19.2. The lowest BCUT2D eigenvalue weighted by Crippen LogP contribution is -2.19. The molecule has 0 bridgehead atoms. The van der Waals surface area contributed by atoms with Crippen molar-refractivity contribution in [2.24, 2.45) is 0 Å². The summed E-state index contributed by atoms with van der Waals surface area (Å²) >= 11 is 0. The van der Waals surface area contributed by atoms with Crippen LogP contribution in [0.2, 0.25) is 0 Å². The molecule has 0 fully saturated rings. The highest BCUT2D eigenvalue weighted by Crippen LogP contribution is 2.26. The maximum Gasteiger partial charge on any atom is 0.315 e. The van der Waals surface area contributed by atoms with Crippen LogP contribution in [0.3, 0.4) is 0 Å². The van der Waals surface area contributed by atoms with Crippen LogP contribution in [0.1, 0.15) is 43.2 Å². The quantitative estimate of drug-likeness (QED) is 0.828. The first kappa shape index (κ1) is 14.9. The van der Waals surface area contributed by atoms with Crippen molar-refractivity contribution < 1.29 is 13.2 Å². The summed E-state index contributed by atoms with van der Waals surface area (Å²) in [6, 6.07) is 2.96. The molecule has 1 aromatic heterocycles. The number of hydrogen-bond donors (Lipinski definition) is 1. The van der Waals surface area contributed by atoms with Gasteiger partial charge in [-0.2, -0.15) is 0 Å². The van der Waals surface area contributed by atoms with Crippen LogP contribution in [0.4, 0.5) is 14.8 Å². The number of anilines is 1. The van der Waals surface area contributed by atoms with Gasteiger partial charge < -0.3 is 9.73 Å². The van der Waals surface area contributed by atoms with Crippen LogP contribution < -0.4 is 5.32 Å². The standard InChI is InChI=1S/C16H19F2N3O/c1-2-3-4-5-15-20-21-16(22-15)19-12-6-10-8-13(17)14(18)9-11(10)7-12/h8-9,12H,2-7H2,1H3,(H,19,21). The number of halogens is 2. The molecule has 1 aliphatic rings. The highest BCUT2D eigenvalue weighted by Gasteiger charge is 2.24. The lowest BCUT2D eigenvalue weighted by molar-refractivity contribution is 0.486. The van der Waals surface area contributed by atoms with Gasteiger partial charge in [-0.05, 0) is 42.5 Å². The van der Waals surface area contributed by atoms with Crippen LogP contribution in [-0.4, -0.2) is 16.2 Å². The number of fused-ring (bicyclic) bond motifs is 1. The Morgan fingerprint density at radius 2 is 1.82 bits per heavy atom. The Labute approximate surface area is 127 Å². The summed E-state index contributed by atoms with van der Waals surface area (Å²) < 4.78 is 32.0. The molecule has 0 radical (unpaired) electrons.